The van der Waals surface area contributed by atoms with Crippen molar-refractivity contribution >= 4 is 23.5 Å². The Morgan fingerprint density at radius 3 is 2.39 bits per heavy atom. The van der Waals surface area contributed by atoms with E-state index in [1.165, 1.54) is 0 Å². The van der Waals surface area contributed by atoms with Gasteiger partial charge in [0.05, 0.1) is 17.2 Å². The van der Waals surface area contributed by atoms with Crippen LogP contribution in [0, 0.1) is 12.8 Å². The summed E-state index contributed by atoms with van der Waals surface area (Å²) in [5.74, 6) is -1.46. The van der Waals surface area contributed by atoms with Gasteiger partial charge in [0.15, 0.2) is 6.61 Å². The van der Waals surface area contributed by atoms with Gasteiger partial charge in [0, 0.05) is 6.54 Å². The van der Waals surface area contributed by atoms with Gasteiger partial charge >= 0.3 is 5.97 Å². The molecule has 6 heteroatoms. The minimum Gasteiger partial charge on any atom is -0.455 e. The fourth-order valence-corrected chi connectivity index (χ4v) is 2.41. The van der Waals surface area contributed by atoms with Crippen molar-refractivity contribution in [1.82, 2.24) is 5.32 Å². The number of anilines is 1. The predicted molar refractivity (Wildman–Crippen MR) is 108 cm³/mol. The number of carbonyl (C=O) groups excluding carboxylic acids is 3. The van der Waals surface area contributed by atoms with E-state index >= 15 is 0 Å². The standard InChI is InChI=1S/C22H26N2O4/c1-4-16(3)22(27)28-14-20(25)24-19-8-6-5-7-18(19)21(26)23-13-17-11-9-15(2)10-12-17/h5-12,16H,4,13-14H2,1-3H3,(H,23,26)(H,24,25). The molecule has 2 amide bonds. The maximum absolute atomic E-state index is 12.5. The minimum absolute atomic E-state index is 0.257. The summed E-state index contributed by atoms with van der Waals surface area (Å²) in [5, 5.41) is 5.48. The lowest BCUT2D eigenvalue weighted by Crippen LogP contribution is -2.27. The van der Waals surface area contributed by atoms with Crippen molar-refractivity contribution in [2.24, 2.45) is 5.92 Å². The second kappa shape index (κ2) is 10.3. The van der Waals surface area contributed by atoms with E-state index in [0.717, 1.165) is 11.1 Å². The normalized spacial score (nSPS) is 11.4. The Morgan fingerprint density at radius 1 is 1.04 bits per heavy atom. The van der Waals surface area contributed by atoms with E-state index in [1.807, 2.05) is 38.1 Å². The summed E-state index contributed by atoms with van der Waals surface area (Å²) in [6.45, 7) is 5.61. The van der Waals surface area contributed by atoms with Gasteiger partial charge in [0.1, 0.15) is 0 Å². The highest BCUT2D eigenvalue weighted by molar-refractivity contribution is 6.04. The van der Waals surface area contributed by atoms with Gasteiger partial charge in [-0.25, -0.2) is 0 Å². The summed E-state index contributed by atoms with van der Waals surface area (Å²) < 4.78 is 4.99. The van der Waals surface area contributed by atoms with Crippen molar-refractivity contribution < 1.29 is 19.1 Å². The molecule has 0 radical (unpaired) electrons. The highest BCUT2D eigenvalue weighted by Crippen LogP contribution is 2.15. The molecule has 2 rings (SSSR count). The van der Waals surface area contributed by atoms with Crippen LogP contribution in [0.4, 0.5) is 5.69 Å². The molecule has 0 aliphatic carbocycles. The third-order valence-corrected chi connectivity index (χ3v) is 4.38. The number of ether oxygens (including phenoxy) is 1. The van der Waals surface area contributed by atoms with E-state index < -0.39 is 11.9 Å². The molecule has 0 aliphatic heterocycles. The van der Waals surface area contributed by atoms with Gasteiger partial charge in [0.25, 0.3) is 11.8 Å². The number of esters is 1. The molecule has 0 aliphatic rings. The molecule has 148 valence electrons. The van der Waals surface area contributed by atoms with E-state index in [2.05, 4.69) is 10.6 Å². The first kappa shape index (κ1) is 21.2. The third kappa shape index (κ3) is 6.23. The van der Waals surface area contributed by atoms with E-state index in [-0.39, 0.29) is 18.4 Å². The number of hydrogen-bond donors (Lipinski definition) is 2. The second-order valence-electron chi connectivity index (χ2n) is 6.68. The van der Waals surface area contributed by atoms with E-state index in [9.17, 15) is 14.4 Å². The van der Waals surface area contributed by atoms with Gasteiger partial charge < -0.3 is 15.4 Å². The molecule has 2 aromatic rings. The van der Waals surface area contributed by atoms with E-state index in [1.54, 1.807) is 31.2 Å². The van der Waals surface area contributed by atoms with Gasteiger partial charge in [-0.05, 0) is 31.0 Å². The predicted octanol–water partition coefficient (Wildman–Crippen LogP) is 3.45. The van der Waals surface area contributed by atoms with Crippen LogP contribution in [0.15, 0.2) is 48.5 Å². The maximum atomic E-state index is 12.5. The van der Waals surface area contributed by atoms with E-state index in [4.69, 9.17) is 4.74 Å². The molecule has 0 saturated heterocycles. The van der Waals surface area contributed by atoms with Gasteiger partial charge in [0.2, 0.25) is 0 Å². The Morgan fingerprint density at radius 2 is 1.71 bits per heavy atom. The molecule has 1 atom stereocenters. The zero-order chi connectivity index (χ0) is 20.5. The van der Waals surface area contributed by atoms with Crippen molar-refractivity contribution in [3.8, 4) is 0 Å². The van der Waals surface area contributed by atoms with Crippen molar-refractivity contribution in [3.05, 3.63) is 65.2 Å². The van der Waals surface area contributed by atoms with E-state index in [0.29, 0.717) is 24.2 Å². The molecular formula is C22H26N2O4. The van der Waals surface area contributed by atoms with Crippen LogP contribution < -0.4 is 10.6 Å². The van der Waals surface area contributed by atoms with Crippen LogP contribution in [0.2, 0.25) is 0 Å². The highest BCUT2D eigenvalue weighted by atomic mass is 16.5. The first-order valence-electron chi connectivity index (χ1n) is 9.30. The average molecular weight is 382 g/mol. The number of carbonyl (C=O) groups is 3. The topological polar surface area (TPSA) is 84.5 Å². The smallest absolute Gasteiger partial charge is 0.309 e. The Labute approximate surface area is 165 Å². The van der Waals surface area contributed by atoms with Gasteiger partial charge in [-0.15, -0.1) is 0 Å². The summed E-state index contributed by atoms with van der Waals surface area (Å²) in [5.41, 5.74) is 2.85. The van der Waals surface area contributed by atoms with Crippen molar-refractivity contribution in [1.29, 1.82) is 0 Å². The Bertz CT molecular complexity index is 831. The molecule has 0 fully saturated rings. The van der Waals surface area contributed by atoms with Crippen molar-refractivity contribution in [2.75, 3.05) is 11.9 Å². The summed E-state index contributed by atoms with van der Waals surface area (Å²) in [7, 11) is 0. The largest absolute Gasteiger partial charge is 0.455 e. The van der Waals surface area contributed by atoms with Crippen LogP contribution in [0.1, 0.15) is 41.8 Å². The van der Waals surface area contributed by atoms with Crippen LogP contribution in [-0.2, 0) is 20.9 Å². The van der Waals surface area contributed by atoms with Crippen LogP contribution in [0.3, 0.4) is 0 Å². The Balaban J connectivity index is 1.95. The number of aryl methyl sites for hydroxylation is 1. The Kier molecular flexibility index (Phi) is 7.75. The minimum atomic E-state index is -0.490. The maximum Gasteiger partial charge on any atom is 0.309 e. The lowest BCUT2D eigenvalue weighted by Gasteiger charge is -2.13. The summed E-state index contributed by atoms with van der Waals surface area (Å²) in [4.78, 5) is 36.3. The van der Waals surface area contributed by atoms with Gasteiger partial charge in [-0.1, -0.05) is 55.8 Å². The molecule has 1 unspecified atom stereocenters. The lowest BCUT2D eigenvalue weighted by atomic mass is 10.1. The van der Waals surface area contributed by atoms with Gasteiger partial charge in [-0.2, -0.15) is 0 Å². The highest BCUT2D eigenvalue weighted by Gasteiger charge is 2.16. The first-order chi connectivity index (χ1) is 13.4. The van der Waals surface area contributed by atoms with Crippen molar-refractivity contribution in [2.45, 2.75) is 33.7 Å². The molecule has 0 saturated carbocycles. The zero-order valence-corrected chi connectivity index (χ0v) is 16.5. The molecule has 6 nitrogen and oxygen atoms in total. The number of amides is 2. The molecular weight excluding hydrogens is 356 g/mol. The monoisotopic (exact) mass is 382 g/mol. The molecule has 2 N–H and O–H groups in total. The van der Waals surface area contributed by atoms with Crippen LogP contribution in [0.25, 0.3) is 0 Å². The SMILES string of the molecule is CCC(C)C(=O)OCC(=O)Nc1ccccc1C(=O)NCc1ccc(C)cc1. The van der Waals surface area contributed by atoms with Crippen molar-refractivity contribution in [3.63, 3.8) is 0 Å². The van der Waals surface area contributed by atoms with Gasteiger partial charge in [-0.3, -0.25) is 14.4 Å². The summed E-state index contributed by atoms with van der Waals surface area (Å²) in [6, 6.07) is 14.6. The van der Waals surface area contributed by atoms with Crippen LogP contribution >= 0.6 is 0 Å². The molecule has 0 spiro atoms. The quantitative estimate of drug-likeness (QED) is 0.685. The second-order valence-corrected chi connectivity index (χ2v) is 6.68. The lowest BCUT2D eigenvalue weighted by molar-refractivity contribution is -0.151. The Hall–Kier alpha value is -3.15. The average Bonchev–Trinajstić information content (AvgIpc) is 2.71. The number of para-hydroxylation sites is 1. The van der Waals surface area contributed by atoms with Crippen LogP contribution in [0.5, 0.6) is 0 Å². The summed E-state index contributed by atoms with van der Waals surface area (Å²) in [6.07, 6.45) is 0.643. The molecule has 28 heavy (non-hydrogen) atoms. The molecule has 0 aromatic heterocycles. The summed E-state index contributed by atoms with van der Waals surface area (Å²) >= 11 is 0. The molecule has 0 heterocycles. The fraction of sp³-hybridized carbons (Fsp3) is 0.318. The molecule has 0 bridgehead atoms. The number of nitrogens with one attached hydrogen (secondary N) is 2. The fourth-order valence-electron chi connectivity index (χ4n) is 2.41. The number of rotatable bonds is 8. The third-order valence-electron chi connectivity index (χ3n) is 4.38. The van der Waals surface area contributed by atoms with Crippen LogP contribution in [-0.4, -0.2) is 24.4 Å². The number of hydrogen-bond acceptors (Lipinski definition) is 4. The zero-order valence-electron chi connectivity index (χ0n) is 16.5. The molecule has 2 aromatic carbocycles. The number of benzene rings is 2. The first-order valence-corrected chi connectivity index (χ1v) is 9.30.